The van der Waals surface area contributed by atoms with Crippen LogP contribution >= 0.6 is 11.6 Å². The second-order valence-electron chi connectivity index (χ2n) is 18.8. The third-order valence-electron chi connectivity index (χ3n) is 13.9. The van der Waals surface area contributed by atoms with Gasteiger partial charge in [0, 0.05) is 37.6 Å². The lowest BCUT2D eigenvalue weighted by Crippen LogP contribution is -2.62. The van der Waals surface area contributed by atoms with Crippen molar-refractivity contribution in [3.8, 4) is 0 Å². The van der Waals surface area contributed by atoms with Crippen LogP contribution in [0.15, 0.2) is 29.2 Å². The summed E-state index contributed by atoms with van der Waals surface area (Å²) in [5, 5.41) is 51.4. The van der Waals surface area contributed by atoms with Crippen molar-refractivity contribution in [1.29, 1.82) is 0 Å². The Morgan fingerprint density at radius 3 is 2.18 bits per heavy atom. The molecule has 0 radical (unpaired) electrons. The van der Waals surface area contributed by atoms with Gasteiger partial charge in [0.1, 0.15) is 35.1 Å². The van der Waals surface area contributed by atoms with Crippen LogP contribution in [0.2, 0.25) is 5.02 Å². The molecule has 16 nitrogen and oxygen atoms in total. The summed E-state index contributed by atoms with van der Waals surface area (Å²) in [6.07, 6.45) is -9.13. The Hall–Kier alpha value is -1.55. The van der Waals surface area contributed by atoms with E-state index in [1.807, 2.05) is 20.8 Å². The average Bonchev–Trinajstić information content (AvgIpc) is 4.01. The zero-order chi connectivity index (χ0) is 45.6. The van der Waals surface area contributed by atoms with Gasteiger partial charge < -0.3 is 58.9 Å². The molecule has 18 heteroatoms. The SMILES string of the molecule is CC[C@H]1OC(=O)[C@H](C)[C@@H](O[C@H]2C[C@@](C)(OC)[C@]3(CO3)[C@H](C)O2)[C@H](C)[C@@H](O[C@@H]2O[C@H](C)C[C@H](N(C)S(=O)(=O)c3ccc(Cl)cc3)[C@H]2O)[C@](C)(O)C[C@@H](C)CN[C@H](C)[C@@H](O)[C@]1(C)O. The van der Waals surface area contributed by atoms with Crippen LogP contribution < -0.4 is 5.32 Å². The van der Waals surface area contributed by atoms with Gasteiger partial charge in [-0.15, -0.1) is 0 Å². The number of aliphatic hydroxyl groups is 4. The first kappa shape index (κ1) is 50.4. The molecule has 350 valence electrons. The molecule has 4 saturated heterocycles. The van der Waals surface area contributed by atoms with Crippen LogP contribution in [-0.4, -0.2) is 156 Å². The van der Waals surface area contributed by atoms with Crippen molar-refractivity contribution >= 4 is 27.6 Å². The van der Waals surface area contributed by atoms with Crippen molar-refractivity contribution in [3.63, 3.8) is 0 Å². The van der Waals surface area contributed by atoms with E-state index in [9.17, 15) is 33.6 Å². The van der Waals surface area contributed by atoms with E-state index < -0.39 is 118 Å². The molecule has 5 rings (SSSR count). The minimum absolute atomic E-state index is 0.0123. The standard InChI is InChI=1S/C43H71ClN2O14S/c1-13-32-42(10,51)36(48)27(6)45-21-23(2)19-40(8,50)37(60-39-34(47)31(18-24(3)56-39)46(11)61(52,53)30-16-14-29(44)15-17-30)25(4)35(26(5)38(49)58-32)59-33-20-41(9,54-12)43(22-55-43)28(7)57-33/h14-17,23-28,31-37,39,45,47-48,50-51H,13,18-22H2,1-12H3/t23-,24-,25+,26-,27-,28+,31+,32-,33+,34-,35+,36-,37-,39+,40-,41-,42-,43+/m1/s1. The fourth-order valence-corrected chi connectivity index (χ4v) is 11.3. The summed E-state index contributed by atoms with van der Waals surface area (Å²) in [5.74, 6) is -2.96. The van der Waals surface area contributed by atoms with Crippen LogP contribution in [0.5, 0.6) is 0 Å². The first-order valence-corrected chi connectivity index (χ1v) is 23.4. The maximum absolute atomic E-state index is 14.4. The van der Waals surface area contributed by atoms with Gasteiger partial charge in [0.15, 0.2) is 12.6 Å². The van der Waals surface area contributed by atoms with Gasteiger partial charge >= 0.3 is 5.97 Å². The van der Waals surface area contributed by atoms with Crippen molar-refractivity contribution in [1.82, 2.24) is 9.62 Å². The number of hydrogen-bond acceptors (Lipinski definition) is 15. The number of benzene rings is 1. The number of rotatable bonds is 9. The lowest BCUT2D eigenvalue weighted by atomic mass is 9.77. The molecule has 18 atom stereocenters. The first-order valence-electron chi connectivity index (χ1n) is 21.6. The molecular weight excluding hydrogens is 836 g/mol. The number of nitrogens with zero attached hydrogens (tertiary/aromatic N) is 1. The second kappa shape index (κ2) is 19.1. The first-order chi connectivity index (χ1) is 28.3. The average molecular weight is 908 g/mol. The molecule has 0 saturated carbocycles. The van der Waals surface area contributed by atoms with Gasteiger partial charge in [0.2, 0.25) is 10.0 Å². The van der Waals surface area contributed by atoms with E-state index in [1.165, 1.54) is 38.2 Å². The maximum atomic E-state index is 14.4. The Bertz CT molecular complexity index is 1750. The van der Waals surface area contributed by atoms with E-state index in [2.05, 4.69) is 5.32 Å². The zero-order valence-corrected chi connectivity index (χ0v) is 39.3. The maximum Gasteiger partial charge on any atom is 0.311 e. The Kier molecular flexibility index (Phi) is 15.8. The summed E-state index contributed by atoms with van der Waals surface area (Å²) in [6.45, 7) is 18.1. The summed E-state index contributed by atoms with van der Waals surface area (Å²) in [7, 11) is -1.14. The van der Waals surface area contributed by atoms with E-state index >= 15 is 0 Å². The highest BCUT2D eigenvalue weighted by Gasteiger charge is 2.67. The number of hydrogen-bond donors (Lipinski definition) is 5. The molecule has 0 bridgehead atoms. The highest BCUT2D eigenvalue weighted by Crippen LogP contribution is 2.51. The van der Waals surface area contributed by atoms with Crippen LogP contribution in [0, 0.1) is 17.8 Å². The molecule has 0 aliphatic carbocycles. The second-order valence-corrected chi connectivity index (χ2v) is 21.2. The Balaban J connectivity index is 1.56. The molecule has 1 aromatic carbocycles. The third kappa shape index (κ3) is 10.3. The summed E-state index contributed by atoms with van der Waals surface area (Å²) in [5.41, 5.74) is -5.07. The van der Waals surface area contributed by atoms with Gasteiger partial charge in [-0.05, 0) is 104 Å². The number of aliphatic hydroxyl groups excluding tert-OH is 2. The van der Waals surface area contributed by atoms with Crippen LogP contribution in [0.1, 0.15) is 94.9 Å². The number of epoxide rings is 1. The fourth-order valence-electron chi connectivity index (χ4n) is 9.83. The van der Waals surface area contributed by atoms with E-state index in [1.54, 1.807) is 48.7 Å². The summed E-state index contributed by atoms with van der Waals surface area (Å²) in [4.78, 5) is 14.4. The van der Waals surface area contributed by atoms with Crippen molar-refractivity contribution < 1.29 is 66.8 Å². The molecule has 4 fully saturated rings. The smallest absolute Gasteiger partial charge is 0.311 e. The number of cyclic esters (lactones) is 1. The van der Waals surface area contributed by atoms with Crippen LogP contribution in [-0.2, 0) is 48.0 Å². The molecule has 4 aliphatic rings. The Morgan fingerprint density at radius 1 is 0.984 bits per heavy atom. The molecule has 0 aromatic heterocycles. The van der Waals surface area contributed by atoms with Crippen LogP contribution in [0.4, 0.5) is 0 Å². The van der Waals surface area contributed by atoms with Crippen LogP contribution in [0.3, 0.4) is 0 Å². The van der Waals surface area contributed by atoms with Crippen molar-refractivity contribution in [2.75, 3.05) is 27.3 Å². The third-order valence-corrected chi connectivity index (χ3v) is 16.1. The highest BCUT2D eigenvalue weighted by atomic mass is 35.5. The van der Waals surface area contributed by atoms with Crippen molar-refractivity contribution in [3.05, 3.63) is 29.3 Å². The van der Waals surface area contributed by atoms with E-state index in [0.29, 0.717) is 18.2 Å². The van der Waals surface area contributed by atoms with E-state index in [4.69, 9.17) is 44.8 Å². The zero-order valence-electron chi connectivity index (χ0n) is 37.7. The lowest BCUT2D eigenvalue weighted by Gasteiger charge is -2.49. The molecule has 1 aromatic rings. The predicted molar refractivity (Wildman–Crippen MR) is 225 cm³/mol. The molecule has 5 N–H and O–H groups in total. The number of sulfonamides is 1. The van der Waals surface area contributed by atoms with E-state index in [0.717, 1.165) is 4.31 Å². The summed E-state index contributed by atoms with van der Waals surface area (Å²) < 4.78 is 73.0. The van der Waals surface area contributed by atoms with Gasteiger partial charge in [-0.3, -0.25) is 4.79 Å². The number of ether oxygens (including phenoxy) is 7. The topological polar surface area (TPSA) is 215 Å². The number of carbonyl (C=O) groups is 1. The predicted octanol–water partition coefficient (Wildman–Crippen LogP) is 3.38. The minimum Gasteiger partial charge on any atom is -0.459 e. The molecule has 4 aliphatic heterocycles. The molecule has 4 heterocycles. The molecule has 1 spiro atoms. The highest BCUT2D eigenvalue weighted by molar-refractivity contribution is 7.89. The number of esters is 1. The summed E-state index contributed by atoms with van der Waals surface area (Å²) >= 11 is 6.05. The largest absolute Gasteiger partial charge is 0.459 e. The van der Waals surface area contributed by atoms with Crippen molar-refractivity contribution in [2.24, 2.45) is 17.8 Å². The normalized spacial score (nSPS) is 45.8. The molecular formula is C43H71ClN2O14S. The Labute approximate surface area is 366 Å². The quantitative estimate of drug-likeness (QED) is 0.178. The molecule has 0 unspecified atom stereocenters. The Morgan fingerprint density at radius 2 is 1.61 bits per heavy atom. The molecule has 0 amide bonds. The van der Waals surface area contributed by atoms with Gasteiger partial charge in [-0.1, -0.05) is 32.4 Å². The number of nitrogens with one attached hydrogen (secondary N) is 1. The summed E-state index contributed by atoms with van der Waals surface area (Å²) in [6, 6.07) is 4.08. The number of likely N-dealkylation sites (N-methyl/N-ethyl adjacent to an activating group) is 1. The number of methoxy groups -OCH3 is 1. The minimum atomic E-state index is -4.12. The van der Waals surface area contributed by atoms with Gasteiger partial charge in [-0.25, -0.2) is 8.42 Å². The van der Waals surface area contributed by atoms with E-state index in [-0.39, 0.29) is 36.5 Å². The van der Waals surface area contributed by atoms with Crippen molar-refractivity contribution in [2.45, 2.75) is 190 Å². The number of halogens is 1. The lowest BCUT2D eigenvalue weighted by molar-refractivity contribution is -0.314. The fraction of sp³-hybridized carbons (Fsp3) is 0.837. The number of carbonyl (C=O) groups excluding carboxylic acids is 1. The monoisotopic (exact) mass is 906 g/mol. The van der Waals surface area contributed by atoms with Gasteiger partial charge in [0.05, 0.1) is 53.5 Å². The van der Waals surface area contributed by atoms with Crippen LogP contribution in [0.25, 0.3) is 0 Å². The van der Waals surface area contributed by atoms with Gasteiger partial charge in [0.25, 0.3) is 0 Å². The molecule has 61 heavy (non-hydrogen) atoms. The van der Waals surface area contributed by atoms with Gasteiger partial charge in [-0.2, -0.15) is 4.31 Å².